The average Bonchev–Trinajstić information content (AvgIpc) is 2.73. The standard InChI is InChI=1S/C23H17N3O3/c1-16-6-2-5-9-21(16)25-22(24-20-8-4-3-7-19(20)23(25)27)15-12-17-10-13-18(14-11-17)26(28)29/h2-15H,1H3/b15-12+. The van der Waals surface area contributed by atoms with Crippen LogP contribution in [0.25, 0.3) is 28.7 Å². The molecule has 0 saturated carbocycles. The van der Waals surface area contributed by atoms with Gasteiger partial charge in [-0.3, -0.25) is 19.5 Å². The van der Waals surface area contributed by atoms with Gasteiger partial charge in [0.1, 0.15) is 5.82 Å². The van der Waals surface area contributed by atoms with Gasteiger partial charge in [0.25, 0.3) is 11.2 Å². The van der Waals surface area contributed by atoms with E-state index in [0.717, 1.165) is 16.8 Å². The van der Waals surface area contributed by atoms with E-state index in [1.807, 2.05) is 49.4 Å². The van der Waals surface area contributed by atoms with Gasteiger partial charge in [0.2, 0.25) is 0 Å². The third-order valence-corrected chi connectivity index (χ3v) is 4.69. The van der Waals surface area contributed by atoms with Crippen LogP contribution in [-0.2, 0) is 0 Å². The molecule has 0 aliphatic rings. The molecular formula is C23H17N3O3. The number of rotatable bonds is 4. The molecule has 6 nitrogen and oxygen atoms in total. The largest absolute Gasteiger partial charge is 0.269 e. The van der Waals surface area contributed by atoms with Crippen molar-refractivity contribution in [2.45, 2.75) is 6.92 Å². The third kappa shape index (κ3) is 3.55. The van der Waals surface area contributed by atoms with Crippen LogP contribution < -0.4 is 5.56 Å². The highest BCUT2D eigenvalue weighted by Crippen LogP contribution is 2.19. The van der Waals surface area contributed by atoms with Gasteiger partial charge in [-0.2, -0.15) is 0 Å². The van der Waals surface area contributed by atoms with Gasteiger partial charge in [-0.25, -0.2) is 4.98 Å². The zero-order valence-corrected chi connectivity index (χ0v) is 15.6. The molecule has 29 heavy (non-hydrogen) atoms. The first-order chi connectivity index (χ1) is 14.0. The Morgan fingerprint density at radius 1 is 0.931 bits per heavy atom. The van der Waals surface area contributed by atoms with Crippen molar-refractivity contribution in [3.05, 3.63) is 110 Å². The van der Waals surface area contributed by atoms with Crippen LogP contribution in [0.4, 0.5) is 5.69 Å². The minimum absolute atomic E-state index is 0.0304. The molecule has 0 spiro atoms. The molecule has 0 radical (unpaired) electrons. The molecule has 142 valence electrons. The minimum atomic E-state index is -0.436. The monoisotopic (exact) mass is 383 g/mol. The van der Waals surface area contributed by atoms with Gasteiger partial charge in [-0.1, -0.05) is 36.4 Å². The highest BCUT2D eigenvalue weighted by Gasteiger charge is 2.12. The third-order valence-electron chi connectivity index (χ3n) is 4.69. The first-order valence-corrected chi connectivity index (χ1v) is 9.05. The Morgan fingerprint density at radius 2 is 1.62 bits per heavy atom. The van der Waals surface area contributed by atoms with Gasteiger partial charge in [-0.05, 0) is 54.5 Å². The van der Waals surface area contributed by atoms with E-state index >= 15 is 0 Å². The molecule has 0 fully saturated rings. The Balaban J connectivity index is 1.89. The molecule has 1 heterocycles. The van der Waals surface area contributed by atoms with Crippen molar-refractivity contribution in [3.8, 4) is 5.69 Å². The lowest BCUT2D eigenvalue weighted by Gasteiger charge is -2.13. The zero-order chi connectivity index (χ0) is 20.4. The predicted molar refractivity (Wildman–Crippen MR) is 114 cm³/mol. The molecule has 6 heteroatoms. The summed E-state index contributed by atoms with van der Waals surface area (Å²) in [6.07, 6.45) is 3.54. The lowest BCUT2D eigenvalue weighted by molar-refractivity contribution is -0.384. The van der Waals surface area contributed by atoms with E-state index in [4.69, 9.17) is 0 Å². The van der Waals surface area contributed by atoms with Crippen LogP contribution >= 0.6 is 0 Å². The number of non-ortho nitro benzene ring substituents is 1. The van der Waals surface area contributed by atoms with Gasteiger partial charge in [0.05, 0.1) is 21.5 Å². The van der Waals surface area contributed by atoms with Gasteiger partial charge >= 0.3 is 0 Å². The minimum Gasteiger partial charge on any atom is -0.268 e. The molecule has 0 atom stereocenters. The Morgan fingerprint density at radius 3 is 2.34 bits per heavy atom. The number of hydrogen-bond acceptors (Lipinski definition) is 4. The van der Waals surface area contributed by atoms with Gasteiger partial charge in [0, 0.05) is 12.1 Å². The zero-order valence-electron chi connectivity index (χ0n) is 15.6. The van der Waals surface area contributed by atoms with E-state index in [0.29, 0.717) is 16.7 Å². The smallest absolute Gasteiger partial charge is 0.268 e. The van der Waals surface area contributed by atoms with Crippen molar-refractivity contribution in [3.63, 3.8) is 0 Å². The number of aromatic nitrogens is 2. The van der Waals surface area contributed by atoms with E-state index in [9.17, 15) is 14.9 Å². The lowest BCUT2D eigenvalue weighted by atomic mass is 10.1. The fourth-order valence-corrected chi connectivity index (χ4v) is 3.19. The number of para-hydroxylation sites is 2. The maximum atomic E-state index is 13.2. The molecular weight excluding hydrogens is 366 g/mol. The molecule has 0 saturated heterocycles. The average molecular weight is 383 g/mol. The summed E-state index contributed by atoms with van der Waals surface area (Å²) in [4.78, 5) is 28.3. The number of nitro groups is 1. The topological polar surface area (TPSA) is 78.0 Å². The number of nitro benzene ring substituents is 1. The SMILES string of the molecule is Cc1ccccc1-n1c(/C=C/c2ccc([N+](=O)[O-])cc2)nc2ccccc2c1=O. The number of aryl methyl sites for hydroxylation is 1. The second kappa shape index (κ2) is 7.52. The summed E-state index contributed by atoms with van der Waals surface area (Å²) in [5, 5.41) is 11.4. The molecule has 4 aromatic rings. The molecule has 1 aromatic heterocycles. The molecule has 4 rings (SSSR count). The van der Waals surface area contributed by atoms with Gasteiger partial charge in [-0.15, -0.1) is 0 Å². The van der Waals surface area contributed by atoms with Crippen LogP contribution in [0, 0.1) is 17.0 Å². The summed E-state index contributed by atoms with van der Waals surface area (Å²) >= 11 is 0. The molecule has 0 aliphatic heterocycles. The lowest BCUT2D eigenvalue weighted by Crippen LogP contribution is -2.23. The van der Waals surface area contributed by atoms with Crippen molar-refractivity contribution < 1.29 is 4.92 Å². The molecule has 0 amide bonds. The molecule has 0 unspecified atom stereocenters. The molecule has 3 aromatic carbocycles. The van der Waals surface area contributed by atoms with Crippen LogP contribution in [0.3, 0.4) is 0 Å². The van der Waals surface area contributed by atoms with E-state index in [1.165, 1.54) is 12.1 Å². The van der Waals surface area contributed by atoms with E-state index in [1.54, 1.807) is 34.9 Å². The van der Waals surface area contributed by atoms with Gasteiger partial charge < -0.3 is 0 Å². The van der Waals surface area contributed by atoms with Crippen molar-refractivity contribution in [1.82, 2.24) is 9.55 Å². The number of nitrogens with zero attached hydrogens (tertiary/aromatic N) is 3. The van der Waals surface area contributed by atoms with Crippen molar-refractivity contribution >= 4 is 28.7 Å². The normalized spacial score (nSPS) is 11.2. The second-order valence-electron chi connectivity index (χ2n) is 6.60. The quantitative estimate of drug-likeness (QED) is 0.375. The first-order valence-electron chi connectivity index (χ1n) is 9.05. The van der Waals surface area contributed by atoms with Crippen molar-refractivity contribution in [2.75, 3.05) is 0 Å². The van der Waals surface area contributed by atoms with E-state index < -0.39 is 4.92 Å². The summed E-state index contributed by atoms with van der Waals surface area (Å²) in [6, 6.07) is 21.1. The molecule has 0 bridgehead atoms. The van der Waals surface area contributed by atoms with E-state index in [2.05, 4.69) is 4.98 Å². The second-order valence-corrected chi connectivity index (χ2v) is 6.60. The number of fused-ring (bicyclic) bond motifs is 1. The van der Waals surface area contributed by atoms with Crippen molar-refractivity contribution in [2.24, 2.45) is 0 Å². The van der Waals surface area contributed by atoms with Gasteiger partial charge in [0.15, 0.2) is 0 Å². The number of hydrogen-bond donors (Lipinski definition) is 0. The first kappa shape index (κ1) is 18.3. The predicted octanol–water partition coefficient (Wildman–Crippen LogP) is 4.77. The Labute approximate surface area is 166 Å². The maximum Gasteiger partial charge on any atom is 0.269 e. The molecule has 0 N–H and O–H groups in total. The van der Waals surface area contributed by atoms with Crippen LogP contribution in [0.2, 0.25) is 0 Å². The van der Waals surface area contributed by atoms with Crippen LogP contribution in [0.15, 0.2) is 77.6 Å². The summed E-state index contributed by atoms with van der Waals surface area (Å²) in [7, 11) is 0. The van der Waals surface area contributed by atoms with E-state index in [-0.39, 0.29) is 11.2 Å². The fraction of sp³-hybridized carbons (Fsp3) is 0.0435. The highest BCUT2D eigenvalue weighted by molar-refractivity contribution is 5.80. The molecule has 0 aliphatic carbocycles. The van der Waals surface area contributed by atoms with Crippen molar-refractivity contribution in [1.29, 1.82) is 0 Å². The Kier molecular flexibility index (Phi) is 4.75. The van der Waals surface area contributed by atoms with Crippen LogP contribution in [0.1, 0.15) is 17.0 Å². The Hall–Kier alpha value is -4.06. The fourth-order valence-electron chi connectivity index (χ4n) is 3.19. The summed E-state index contributed by atoms with van der Waals surface area (Å²) in [5.74, 6) is 0.487. The number of benzene rings is 3. The highest BCUT2D eigenvalue weighted by atomic mass is 16.6. The maximum absolute atomic E-state index is 13.2. The van der Waals surface area contributed by atoms with Crippen LogP contribution in [0.5, 0.6) is 0 Å². The summed E-state index contributed by atoms with van der Waals surface area (Å²) in [5.41, 5.74) is 2.99. The summed E-state index contributed by atoms with van der Waals surface area (Å²) in [6.45, 7) is 1.95. The summed E-state index contributed by atoms with van der Waals surface area (Å²) < 4.78 is 1.60. The van der Waals surface area contributed by atoms with Crippen LogP contribution in [-0.4, -0.2) is 14.5 Å². The Bertz CT molecular complexity index is 1310.